The molecule has 0 saturated heterocycles. The number of ether oxygens (including phenoxy) is 1. The van der Waals surface area contributed by atoms with E-state index < -0.39 is 0 Å². The van der Waals surface area contributed by atoms with Gasteiger partial charge in [-0.2, -0.15) is 0 Å². The first-order chi connectivity index (χ1) is 7.86. The van der Waals surface area contributed by atoms with Crippen LogP contribution in [0.2, 0.25) is 0 Å². The average Bonchev–Trinajstić information content (AvgIpc) is 2.84. The van der Waals surface area contributed by atoms with Crippen LogP contribution in [0.25, 0.3) is 0 Å². The molecular formula is C11H13N3OS. The Labute approximate surface area is 98.3 Å². The van der Waals surface area contributed by atoms with Crippen molar-refractivity contribution in [3.63, 3.8) is 0 Å². The highest BCUT2D eigenvalue weighted by Gasteiger charge is 2.19. The summed E-state index contributed by atoms with van der Waals surface area (Å²) in [5.74, 6) is 0.773. The van der Waals surface area contributed by atoms with Crippen molar-refractivity contribution in [2.24, 2.45) is 0 Å². The van der Waals surface area contributed by atoms with Gasteiger partial charge in [-0.15, -0.1) is 11.3 Å². The number of hydrogen-bond donors (Lipinski definition) is 1. The zero-order valence-corrected chi connectivity index (χ0v) is 9.99. The van der Waals surface area contributed by atoms with Gasteiger partial charge in [0, 0.05) is 11.6 Å². The molecule has 1 atom stereocenters. The lowest BCUT2D eigenvalue weighted by Gasteiger charge is -2.15. The monoisotopic (exact) mass is 235 g/mol. The quantitative estimate of drug-likeness (QED) is 0.878. The van der Waals surface area contributed by atoms with Gasteiger partial charge in [-0.05, 0) is 19.2 Å². The molecule has 16 heavy (non-hydrogen) atoms. The third-order valence-corrected chi connectivity index (χ3v) is 2.93. The van der Waals surface area contributed by atoms with Gasteiger partial charge in [0.1, 0.15) is 11.4 Å². The third kappa shape index (κ3) is 2.05. The molecule has 0 fully saturated rings. The number of pyridine rings is 1. The van der Waals surface area contributed by atoms with Crippen molar-refractivity contribution in [2.45, 2.75) is 6.04 Å². The fourth-order valence-electron chi connectivity index (χ4n) is 1.58. The SMILES string of the molecule is CNC(c1cscn1)c1ncccc1OC. The van der Waals surface area contributed by atoms with E-state index in [0.717, 1.165) is 17.1 Å². The van der Waals surface area contributed by atoms with Crippen molar-refractivity contribution in [1.29, 1.82) is 0 Å². The summed E-state index contributed by atoms with van der Waals surface area (Å²) in [6, 6.07) is 3.73. The maximum atomic E-state index is 5.30. The number of nitrogens with zero attached hydrogens (tertiary/aromatic N) is 2. The van der Waals surface area contributed by atoms with Crippen LogP contribution in [0.15, 0.2) is 29.2 Å². The van der Waals surface area contributed by atoms with Crippen LogP contribution in [0.4, 0.5) is 0 Å². The Bertz CT molecular complexity index is 444. The van der Waals surface area contributed by atoms with E-state index in [4.69, 9.17) is 4.74 Å². The molecule has 4 nitrogen and oxygen atoms in total. The first kappa shape index (κ1) is 11.0. The molecule has 0 aromatic carbocycles. The molecule has 0 aliphatic rings. The fourth-order valence-corrected chi connectivity index (χ4v) is 2.16. The van der Waals surface area contributed by atoms with Gasteiger partial charge in [0.15, 0.2) is 0 Å². The average molecular weight is 235 g/mol. The van der Waals surface area contributed by atoms with E-state index in [1.54, 1.807) is 24.6 Å². The molecule has 0 bridgehead atoms. The van der Waals surface area contributed by atoms with Crippen LogP contribution >= 0.6 is 11.3 Å². The molecule has 5 heteroatoms. The van der Waals surface area contributed by atoms with E-state index in [0.29, 0.717) is 0 Å². The molecule has 1 N–H and O–H groups in total. The second kappa shape index (κ2) is 5.05. The van der Waals surface area contributed by atoms with E-state index in [2.05, 4.69) is 15.3 Å². The van der Waals surface area contributed by atoms with Crippen molar-refractivity contribution in [3.05, 3.63) is 40.6 Å². The smallest absolute Gasteiger partial charge is 0.142 e. The van der Waals surface area contributed by atoms with Crippen molar-refractivity contribution >= 4 is 11.3 Å². The Hall–Kier alpha value is -1.46. The Balaban J connectivity index is 2.41. The highest BCUT2D eigenvalue weighted by molar-refractivity contribution is 7.07. The number of methoxy groups -OCH3 is 1. The second-order valence-electron chi connectivity index (χ2n) is 3.23. The summed E-state index contributed by atoms with van der Waals surface area (Å²) in [7, 11) is 3.53. The van der Waals surface area contributed by atoms with Gasteiger partial charge in [-0.25, -0.2) is 4.98 Å². The summed E-state index contributed by atoms with van der Waals surface area (Å²) in [5, 5.41) is 5.21. The van der Waals surface area contributed by atoms with Crippen LogP contribution in [0.5, 0.6) is 5.75 Å². The van der Waals surface area contributed by atoms with Crippen LogP contribution in [0.3, 0.4) is 0 Å². The van der Waals surface area contributed by atoms with Gasteiger partial charge >= 0.3 is 0 Å². The Kier molecular flexibility index (Phi) is 3.48. The summed E-state index contributed by atoms with van der Waals surface area (Å²) < 4.78 is 5.30. The van der Waals surface area contributed by atoms with Gasteiger partial charge < -0.3 is 10.1 Å². The van der Waals surface area contributed by atoms with Crippen molar-refractivity contribution in [2.75, 3.05) is 14.2 Å². The molecule has 0 aliphatic carbocycles. The Morgan fingerprint density at radius 3 is 2.94 bits per heavy atom. The van der Waals surface area contributed by atoms with Gasteiger partial charge in [-0.1, -0.05) is 0 Å². The number of nitrogens with one attached hydrogen (secondary N) is 1. The summed E-state index contributed by atoms with van der Waals surface area (Å²) in [6.45, 7) is 0. The van der Waals surface area contributed by atoms with Gasteiger partial charge in [0.25, 0.3) is 0 Å². The minimum Gasteiger partial charge on any atom is -0.495 e. The summed E-state index contributed by atoms with van der Waals surface area (Å²) >= 11 is 1.57. The zero-order chi connectivity index (χ0) is 11.4. The lowest BCUT2D eigenvalue weighted by Crippen LogP contribution is -2.19. The lowest BCUT2D eigenvalue weighted by molar-refractivity contribution is 0.401. The fraction of sp³-hybridized carbons (Fsp3) is 0.273. The predicted octanol–water partition coefficient (Wildman–Crippen LogP) is 1.86. The van der Waals surface area contributed by atoms with Crippen molar-refractivity contribution in [3.8, 4) is 5.75 Å². The second-order valence-corrected chi connectivity index (χ2v) is 3.94. The molecule has 1 unspecified atom stereocenters. The van der Waals surface area contributed by atoms with E-state index >= 15 is 0 Å². The van der Waals surface area contributed by atoms with E-state index in [-0.39, 0.29) is 6.04 Å². The van der Waals surface area contributed by atoms with Crippen LogP contribution in [0.1, 0.15) is 17.4 Å². The molecular weight excluding hydrogens is 222 g/mol. The predicted molar refractivity (Wildman–Crippen MR) is 63.8 cm³/mol. The molecule has 2 aromatic heterocycles. The van der Waals surface area contributed by atoms with E-state index in [1.165, 1.54) is 0 Å². The number of hydrogen-bond acceptors (Lipinski definition) is 5. The minimum absolute atomic E-state index is 0.0256. The molecule has 0 aliphatic heterocycles. The standard InChI is InChI=1S/C11H13N3OS/c1-12-10(8-6-16-7-14-8)11-9(15-2)4-3-5-13-11/h3-7,10,12H,1-2H3. The molecule has 0 saturated carbocycles. The molecule has 2 heterocycles. The van der Waals surface area contributed by atoms with Gasteiger partial charge in [-0.3, -0.25) is 4.98 Å². The molecule has 84 valence electrons. The molecule has 0 spiro atoms. The van der Waals surface area contributed by atoms with Crippen LogP contribution in [0, 0.1) is 0 Å². The molecule has 0 amide bonds. The first-order valence-electron chi connectivity index (χ1n) is 4.91. The maximum absolute atomic E-state index is 5.30. The van der Waals surface area contributed by atoms with Crippen molar-refractivity contribution < 1.29 is 4.74 Å². The normalized spacial score (nSPS) is 12.4. The van der Waals surface area contributed by atoms with Crippen molar-refractivity contribution in [1.82, 2.24) is 15.3 Å². The lowest BCUT2D eigenvalue weighted by atomic mass is 10.1. The number of aromatic nitrogens is 2. The number of rotatable bonds is 4. The van der Waals surface area contributed by atoms with Gasteiger partial charge in [0.05, 0.1) is 24.4 Å². The van der Waals surface area contributed by atoms with Gasteiger partial charge in [0.2, 0.25) is 0 Å². The third-order valence-electron chi connectivity index (χ3n) is 2.33. The highest BCUT2D eigenvalue weighted by Crippen LogP contribution is 2.27. The topological polar surface area (TPSA) is 47.0 Å². The summed E-state index contributed by atoms with van der Waals surface area (Å²) in [6.07, 6.45) is 1.76. The number of thiazole rings is 1. The Morgan fingerprint density at radius 2 is 2.31 bits per heavy atom. The van der Waals surface area contributed by atoms with Crippen LogP contribution < -0.4 is 10.1 Å². The Morgan fingerprint density at radius 1 is 1.44 bits per heavy atom. The molecule has 2 aromatic rings. The minimum atomic E-state index is -0.0256. The summed E-state index contributed by atoms with van der Waals surface area (Å²) in [5.41, 5.74) is 3.64. The van der Waals surface area contributed by atoms with Crippen LogP contribution in [-0.4, -0.2) is 24.1 Å². The van der Waals surface area contributed by atoms with E-state index in [9.17, 15) is 0 Å². The summed E-state index contributed by atoms with van der Waals surface area (Å²) in [4.78, 5) is 8.65. The molecule has 2 rings (SSSR count). The maximum Gasteiger partial charge on any atom is 0.142 e. The molecule has 0 radical (unpaired) electrons. The first-order valence-corrected chi connectivity index (χ1v) is 5.85. The largest absolute Gasteiger partial charge is 0.495 e. The van der Waals surface area contributed by atoms with E-state index in [1.807, 2.05) is 30.1 Å². The zero-order valence-electron chi connectivity index (χ0n) is 9.18. The van der Waals surface area contributed by atoms with Crippen LogP contribution in [-0.2, 0) is 0 Å². The highest BCUT2D eigenvalue weighted by atomic mass is 32.1.